The van der Waals surface area contributed by atoms with Crippen molar-refractivity contribution in [2.45, 2.75) is 13.5 Å². The van der Waals surface area contributed by atoms with Crippen LogP contribution in [0.4, 0.5) is 0 Å². The third kappa shape index (κ3) is 2.88. The highest BCUT2D eigenvalue weighted by Gasteiger charge is 2.07. The van der Waals surface area contributed by atoms with Gasteiger partial charge < -0.3 is 9.84 Å². The minimum atomic E-state index is -0.956. The second kappa shape index (κ2) is 5.81. The van der Waals surface area contributed by atoms with Crippen molar-refractivity contribution in [3.8, 4) is 5.75 Å². The quantitative estimate of drug-likeness (QED) is 0.800. The van der Waals surface area contributed by atoms with Crippen molar-refractivity contribution in [2.24, 2.45) is 0 Å². The molecule has 0 aliphatic rings. The van der Waals surface area contributed by atoms with Gasteiger partial charge in [-0.25, -0.2) is 14.8 Å². The average Bonchev–Trinajstić information content (AvgIpc) is 2.53. The lowest BCUT2D eigenvalue weighted by atomic mass is 10.2. The number of carboxylic acids is 1. The summed E-state index contributed by atoms with van der Waals surface area (Å²) in [5.74, 6) is -0.359. The van der Waals surface area contributed by atoms with Crippen LogP contribution in [0.25, 0.3) is 11.0 Å². The van der Waals surface area contributed by atoms with Crippen LogP contribution in [0.2, 0.25) is 0 Å². The van der Waals surface area contributed by atoms with E-state index >= 15 is 0 Å². The van der Waals surface area contributed by atoms with E-state index in [2.05, 4.69) is 9.97 Å². The SMILES string of the molecule is Cc1nc2ccccc2nc1COc1ccc(C(=O)O)cc1. The molecule has 0 spiro atoms. The summed E-state index contributed by atoms with van der Waals surface area (Å²) in [5, 5.41) is 8.86. The summed E-state index contributed by atoms with van der Waals surface area (Å²) in [6.45, 7) is 2.18. The van der Waals surface area contributed by atoms with E-state index in [4.69, 9.17) is 9.84 Å². The van der Waals surface area contributed by atoms with E-state index in [0.29, 0.717) is 5.75 Å². The molecule has 0 atom stereocenters. The van der Waals surface area contributed by atoms with E-state index in [1.165, 1.54) is 12.1 Å². The van der Waals surface area contributed by atoms with Crippen LogP contribution in [0.1, 0.15) is 21.7 Å². The fraction of sp³-hybridized carbons (Fsp3) is 0.118. The van der Waals surface area contributed by atoms with E-state index in [1.54, 1.807) is 12.1 Å². The van der Waals surface area contributed by atoms with Crippen LogP contribution >= 0.6 is 0 Å². The van der Waals surface area contributed by atoms with E-state index in [1.807, 2.05) is 31.2 Å². The Bertz CT molecular complexity index is 829. The highest BCUT2D eigenvalue weighted by molar-refractivity contribution is 5.87. The molecular formula is C17H14N2O3. The first-order chi connectivity index (χ1) is 10.6. The second-order valence-corrected chi connectivity index (χ2v) is 4.86. The summed E-state index contributed by atoms with van der Waals surface area (Å²) in [6.07, 6.45) is 0. The normalized spacial score (nSPS) is 10.6. The summed E-state index contributed by atoms with van der Waals surface area (Å²) in [4.78, 5) is 19.9. The van der Waals surface area contributed by atoms with E-state index in [-0.39, 0.29) is 12.2 Å². The summed E-state index contributed by atoms with van der Waals surface area (Å²) < 4.78 is 5.66. The maximum absolute atomic E-state index is 10.8. The lowest BCUT2D eigenvalue weighted by Crippen LogP contribution is -2.04. The number of carbonyl (C=O) groups is 1. The summed E-state index contributed by atoms with van der Waals surface area (Å²) >= 11 is 0. The van der Waals surface area contributed by atoms with Gasteiger partial charge in [-0.2, -0.15) is 0 Å². The lowest BCUT2D eigenvalue weighted by molar-refractivity contribution is 0.0697. The van der Waals surface area contributed by atoms with Crippen molar-refractivity contribution in [1.29, 1.82) is 0 Å². The number of hydrogen-bond donors (Lipinski definition) is 1. The maximum Gasteiger partial charge on any atom is 0.335 e. The zero-order valence-corrected chi connectivity index (χ0v) is 12.0. The Morgan fingerprint density at radius 1 is 1.05 bits per heavy atom. The number of aryl methyl sites for hydroxylation is 1. The van der Waals surface area contributed by atoms with Crippen LogP contribution in [-0.4, -0.2) is 21.0 Å². The first-order valence-corrected chi connectivity index (χ1v) is 6.82. The number of hydrogen-bond acceptors (Lipinski definition) is 4. The molecule has 0 radical (unpaired) electrons. The van der Waals surface area contributed by atoms with Crippen LogP contribution in [-0.2, 0) is 6.61 Å². The Kier molecular flexibility index (Phi) is 3.70. The van der Waals surface area contributed by atoms with Gasteiger partial charge in [-0.05, 0) is 43.3 Å². The van der Waals surface area contributed by atoms with Crippen LogP contribution in [0.3, 0.4) is 0 Å². The maximum atomic E-state index is 10.8. The van der Waals surface area contributed by atoms with Crippen LogP contribution in [0.5, 0.6) is 5.75 Å². The highest BCUT2D eigenvalue weighted by Crippen LogP contribution is 2.16. The average molecular weight is 294 g/mol. The van der Waals surface area contributed by atoms with Crippen molar-refractivity contribution in [3.05, 3.63) is 65.5 Å². The second-order valence-electron chi connectivity index (χ2n) is 4.86. The van der Waals surface area contributed by atoms with Gasteiger partial charge in [0.25, 0.3) is 0 Å². The smallest absolute Gasteiger partial charge is 0.335 e. The van der Waals surface area contributed by atoms with E-state index < -0.39 is 5.97 Å². The van der Waals surface area contributed by atoms with Crippen molar-refractivity contribution in [1.82, 2.24) is 9.97 Å². The van der Waals surface area contributed by atoms with Crippen LogP contribution < -0.4 is 4.74 Å². The summed E-state index contributed by atoms with van der Waals surface area (Å²) in [7, 11) is 0. The molecule has 0 unspecified atom stereocenters. The molecule has 0 bridgehead atoms. The fourth-order valence-electron chi connectivity index (χ4n) is 2.11. The van der Waals surface area contributed by atoms with Gasteiger partial charge in [0.05, 0.1) is 28.0 Å². The molecule has 0 aliphatic carbocycles. The number of benzene rings is 2. The Balaban J connectivity index is 1.78. The zero-order chi connectivity index (χ0) is 15.5. The molecule has 3 aromatic rings. The molecule has 0 fully saturated rings. The molecule has 110 valence electrons. The molecule has 2 aromatic carbocycles. The van der Waals surface area contributed by atoms with Crippen LogP contribution in [0, 0.1) is 6.92 Å². The van der Waals surface area contributed by atoms with E-state index in [0.717, 1.165) is 22.4 Å². The predicted molar refractivity (Wildman–Crippen MR) is 82.0 cm³/mol. The Morgan fingerprint density at radius 3 is 2.32 bits per heavy atom. The number of nitrogens with zero attached hydrogens (tertiary/aromatic N) is 2. The number of aromatic nitrogens is 2. The summed E-state index contributed by atoms with van der Waals surface area (Å²) in [6, 6.07) is 14.0. The number of fused-ring (bicyclic) bond motifs is 1. The predicted octanol–water partition coefficient (Wildman–Crippen LogP) is 3.22. The number of carboxylic acid groups (broad SMARTS) is 1. The molecule has 1 aromatic heterocycles. The van der Waals surface area contributed by atoms with Gasteiger partial charge in [-0.3, -0.25) is 0 Å². The van der Waals surface area contributed by atoms with Gasteiger partial charge in [0, 0.05) is 0 Å². The van der Waals surface area contributed by atoms with Gasteiger partial charge in [0.15, 0.2) is 0 Å². The van der Waals surface area contributed by atoms with Gasteiger partial charge in [0.1, 0.15) is 12.4 Å². The largest absolute Gasteiger partial charge is 0.487 e. The highest BCUT2D eigenvalue weighted by atomic mass is 16.5. The monoisotopic (exact) mass is 294 g/mol. The zero-order valence-electron chi connectivity index (χ0n) is 12.0. The van der Waals surface area contributed by atoms with Crippen molar-refractivity contribution in [2.75, 3.05) is 0 Å². The van der Waals surface area contributed by atoms with Gasteiger partial charge >= 0.3 is 5.97 Å². The van der Waals surface area contributed by atoms with Crippen molar-refractivity contribution >= 4 is 17.0 Å². The molecule has 0 aliphatic heterocycles. The van der Waals surface area contributed by atoms with Gasteiger partial charge in [-0.15, -0.1) is 0 Å². The lowest BCUT2D eigenvalue weighted by Gasteiger charge is -2.09. The Hall–Kier alpha value is -2.95. The van der Waals surface area contributed by atoms with Gasteiger partial charge in [0.2, 0.25) is 0 Å². The standard InChI is InChI=1S/C17H14N2O3/c1-11-16(19-15-5-3-2-4-14(15)18-11)10-22-13-8-6-12(7-9-13)17(20)21/h2-9H,10H2,1H3,(H,20,21). The van der Waals surface area contributed by atoms with Crippen LogP contribution in [0.15, 0.2) is 48.5 Å². The van der Waals surface area contributed by atoms with Crippen molar-refractivity contribution < 1.29 is 14.6 Å². The molecular weight excluding hydrogens is 280 g/mol. The third-order valence-corrected chi connectivity index (χ3v) is 3.32. The molecule has 0 saturated heterocycles. The molecule has 3 rings (SSSR count). The topological polar surface area (TPSA) is 72.3 Å². The number of aromatic carboxylic acids is 1. The molecule has 1 N–H and O–H groups in total. The fourth-order valence-corrected chi connectivity index (χ4v) is 2.11. The van der Waals surface area contributed by atoms with Gasteiger partial charge in [-0.1, -0.05) is 12.1 Å². The summed E-state index contributed by atoms with van der Waals surface area (Å²) in [5.41, 5.74) is 3.50. The number of ether oxygens (including phenoxy) is 1. The minimum absolute atomic E-state index is 0.231. The number of para-hydroxylation sites is 2. The molecule has 0 amide bonds. The number of rotatable bonds is 4. The minimum Gasteiger partial charge on any atom is -0.487 e. The first kappa shape index (κ1) is 14.0. The third-order valence-electron chi connectivity index (χ3n) is 3.32. The van der Waals surface area contributed by atoms with Crippen molar-refractivity contribution in [3.63, 3.8) is 0 Å². The Morgan fingerprint density at radius 2 is 1.68 bits per heavy atom. The molecule has 5 nitrogen and oxygen atoms in total. The first-order valence-electron chi connectivity index (χ1n) is 6.82. The van der Waals surface area contributed by atoms with E-state index in [9.17, 15) is 4.79 Å². The molecule has 22 heavy (non-hydrogen) atoms. The molecule has 0 saturated carbocycles. The Labute approximate surface area is 127 Å². The molecule has 5 heteroatoms. The molecule has 1 heterocycles.